The SMILES string of the molecule is C=O.CN(Cc1ccc(N(C)C)cc1O)C(=O)c1cccc2c1cnn2-c1ccc(F)cc1. The highest BCUT2D eigenvalue weighted by atomic mass is 19.1. The van der Waals surface area contributed by atoms with Crippen LogP contribution in [0.25, 0.3) is 16.6 Å². The summed E-state index contributed by atoms with van der Waals surface area (Å²) in [5.41, 5.74) is 3.52. The second kappa shape index (κ2) is 9.95. The molecule has 0 aliphatic heterocycles. The molecule has 4 aromatic rings. The minimum Gasteiger partial charge on any atom is -0.508 e. The monoisotopic (exact) mass is 448 g/mol. The summed E-state index contributed by atoms with van der Waals surface area (Å²) in [6.07, 6.45) is 1.64. The van der Waals surface area contributed by atoms with Crippen molar-refractivity contribution in [1.29, 1.82) is 0 Å². The van der Waals surface area contributed by atoms with Gasteiger partial charge in [0.15, 0.2) is 0 Å². The first-order chi connectivity index (χ1) is 15.8. The number of amides is 1. The molecule has 0 fully saturated rings. The number of aromatic nitrogens is 2. The Hall–Kier alpha value is -4.20. The summed E-state index contributed by atoms with van der Waals surface area (Å²) in [7, 11) is 5.50. The van der Waals surface area contributed by atoms with Crippen LogP contribution in [0.2, 0.25) is 0 Å². The highest BCUT2D eigenvalue weighted by molar-refractivity contribution is 6.06. The first-order valence-corrected chi connectivity index (χ1v) is 10.1. The largest absolute Gasteiger partial charge is 0.508 e. The zero-order valence-corrected chi connectivity index (χ0v) is 18.7. The number of rotatable bonds is 5. The lowest BCUT2D eigenvalue weighted by Gasteiger charge is -2.20. The predicted molar refractivity (Wildman–Crippen MR) is 126 cm³/mol. The first kappa shape index (κ1) is 23.5. The highest BCUT2D eigenvalue weighted by Crippen LogP contribution is 2.26. The number of benzene rings is 3. The molecule has 0 saturated carbocycles. The van der Waals surface area contributed by atoms with Gasteiger partial charge < -0.3 is 19.7 Å². The van der Waals surface area contributed by atoms with Crippen LogP contribution in [0.4, 0.5) is 10.1 Å². The molecule has 0 aliphatic carbocycles. The molecular weight excluding hydrogens is 423 g/mol. The van der Waals surface area contributed by atoms with Gasteiger partial charge in [0.25, 0.3) is 5.91 Å². The van der Waals surface area contributed by atoms with Crippen LogP contribution in [0.1, 0.15) is 15.9 Å². The van der Waals surface area contributed by atoms with Gasteiger partial charge in [0.2, 0.25) is 0 Å². The summed E-state index contributed by atoms with van der Waals surface area (Å²) in [4.78, 5) is 24.7. The van der Waals surface area contributed by atoms with Crippen LogP contribution in [0.5, 0.6) is 5.75 Å². The molecule has 3 aromatic carbocycles. The van der Waals surface area contributed by atoms with Crippen LogP contribution < -0.4 is 4.90 Å². The number of hydrogen-bond acceptors (Lipinski definition) is 5. The number of phenols is 1. The fourth-order valence-electron chi connectivity index (χ4n) is 3.52. The van der Waals surface area contributed by atoms with Crippen molar-refractivity contribution in [3.05, 3.63) is 83.8 Å². The van der Waals surface area contributed by atoms with Crippen LogP contribution >= 0.6 is 0 Å². The number of phenolic OH excluding ortho intramolecular Hbond substituents is 1. The Bertz CT molecular complexity index is 1270. The molecule has 0 radical (unpaired) electrons. The standard InChI is InChI=1S/C24H23FN4O2.CH2O/c1-27(2)19-10-7-16(23(30)13-19)15-28(3)24(31)20-5-4-6-22-21(20)14-26-29(22)18-11-8-17(25)9-12-18;1-2/h4-14,30H,15H2,1-3H3;1H2. The minimum absolute atomic E-state index is 0.146. The molecule has 7 nitrogen and oxygen atoms in total. The lowest BCUT2D eigenvalue weighted by molar-refractivity contribution is -0.0980. The number of halogens is 1. The molecule has 8 heteroatoms. The molecule has 1 heterocycles. The summed E-state index contributed by atoms with van der Waals surface area (Å²) < 4.78 is 14.9. The van der Waals surface area contributed by atoms with Crippen molar-refractivity contribution in [1.82, 2.24) is 14.7 Å². The van der Waals surface area contributed by atoms with Crippen molar-refractivity contribution in [2.45, 2.75) is 6.54 Å². The minimum atomic E-state index is -0.320. The Balaban J connectivity index is 0.00000149. The molecule has 1 N–H and O–H groups in total. The molecule has 0 aliphatic rings. The number of aromatic hydroxyl groups is 1. The number of carbonyl (C=O) groups is 2. The third-order valence-corrected chi connectivity index (χ3v) is 5.25. The molecule has 1 aromatic heterocycles. The van der Waals surface area contributed by atoms with E-state index in [1.807, 2.05) is 44.0 Å². The van der Waals surface area contributed by atoms with Crippen LogP contribution in [-0.2, 0) is 11.3 Å². The average Bonchev–Trinajstić information content (AvgIpc) is 3.26. The third kappa shape index (κ3) is 4.85. The van der Waals surface area contributed by atoms with Crippen molar-refractivity contribution in [2.75, 3.05) is 26.0 Å². The van der Waals surface area contributed by atoms with E-state index in [9.17, 15) is 14.3 Å². The molecule has 0 unspecified atom stereocenters. The molecule has 0 saturated heterocycles. The van der Waals surface area contributed by atoms with Gasteiger partial charge in [0, 0.05) is 50.4 Å². The Labute approximate surface area is 191 Å². The predicted octanol–water partition coefficient (Wildman–Crippen LogP) is 4.02. The highest BCUT2D eigenvalue weighted by Gasteiger charge is 2.18. The summed E-state index contributed by atoms with van der Waals surface area (Å²) in [6.45, 7) is 2.26. The number of carbonyl (C=O) groups excluding carboxylic acids is 2. The van der Waals surface area contributed by atoms with Crippen LogP contribution in [0, 0.1) is 5.82 Å². The summed E-state index contributed by atoms with van der Waals surface area (Å²) in [5.74, 6) is -0.354. The fraction of sp³-hybridized carbons (Fsp3) is 0.160. The van der Waals surface area contributed by atoms with E-state index in [0.717, 1.165) is 11.2 Å². The number of anilines is 1. The summed E-state index contributed by atoms with van der Waals surface area (Å²) in [6, 6.07) is 16.9. The lowest BCUT2D eigenvalue weighted by atomic mass is 10.1. The molecule has 33 heavy (non-hydrogen) atoms. The summed E-state index contributed by atoms with van der Waals surface area (Å²) >= 11 is 0. The maximum absolute atomic E-state index is 13.3. The fourth-order valence-corrected chi connectivity index (χ4v) is 3.52. The third-order valence-electron chi connectivity index (χ3n) is 5.25. The first-order valence-electron chi connectivity index (χ1n) is 10.1. The zero-order chi connectivity index (χ0) is 24.1. The second-order valence-electron chi connectivity index (χ2n) is 7.64. The summed E-state index contributed by atoms with van der Waals surface area (Å²) in [5, 5.41) is 15.5. The van der Waals surface area contributed by atoms with E-state index < -0.39 is 0 Å². The average molecular weight is 448 g/mol. The maximum Gasteiger partial charge on any atom is 0.254 e. The second-order valence-corrected chi connectivity index (χ2v) is 7.64. The number of hydrogen-bond donors (Lipinski definition) is 1. The van der Waals surface area contributed by atoms with E-state index in [1.165, 1.54) is 12.1 Å². The molecular formula is C25H25FN4O3. The van der Waals surface area contributed by atoms with Gasteiger partial charge >= 0.3 is 0 Å². The van der Waals surface area contributed by atoms with Gasteiger partial charge in [0.05, 0.1) is 23.0 Å². The Kier molecular flexibility index (Phi) is 7.07. The molecule has 170 valence electrons. The Morgan fingerprint density at radius 3 is 2.39 bits per heavy atom. The van der Waals surface area contributed by atoms with E-state index in [-0.39, 0.29) is 24.0 Å². The lowest BCUT2D eigenvalue weighted by Crippen LogP contribution is -2.26. The van der Waals surface area contributed by atoms with E-state index in [4.69, 9.17) is 4.79 Å². The molecule has 0 bridgehead atoms. The smallest absolute Gasteiger partial charge is 0.254 e. The van der Waals surface area contributed by atoms with Crippen molar-refractivity contribution in [3.63, 3.8) is 0 Å². The Morgan fingerprint density at radius 1 is 1.06 bits per heavy atom. The van der Waals surface area contributed by atoms with Crippen molar-refractivity contribution in [3.8, 4) is 11.4 Å². The molecule has 1 amide bonds. The van der Waals surface area contributed by atoms with Gasteiger partial charge in [-0.2, -0.15) is 5.10 Å². The maximum atomic E-state index is 13.3. The molecule has 0 spiro atoms. The van der Waals surface area contributed by atoms with Crippen LogP contribution in [-0.4, -0.2) is 53.6 Å². The van der Waals surface area contributed by atoms with Gasteiger partial charge in [-0.15, -0.1) is 0 Å². The van der Waals surface area contributed by atoms with Gasteiger partial charge in [-0.05, 0) is 42.5 Å². The zero-order valence-electron chi connectivity index (χ0n) is 18.7. The molecule has 0 atom stereocenters. The van der Waals surface area contributed by atoms with E-state index in [0.29, 0.717) is 22.2 Å². The van der Waals surface area contributed by atoms with Gasteiger partial charge in [-0.1, -0.05) is 12.1 Å². The van der Waals surface area contributed by atoms with Crippen molar-refractivity contribution in [2.24, 2.45) is 0 Å². The number of fused-ring (bicyclic) bond motifs is 1. The topological polar surface area (TPSA) is 78.7 Å². The normalized spacial score (nSPS) is 10.4. The molecule has 4 rings (SSSR count). The van der Waals surface area contributed by atoms with Crippen molar-refractivity contribution < 1.29 is 19.1 Å². The van der Waals surface area contributed by atoms with E-state index in [1.54, 1.807) is 53.2 Å². The van der Waals surface area contributed by atoms with Gasteiger partial charge in [0.1, 0.15) is 18.4 Å². The Morgan fingerprint density at radius 2 is 1.76 bits per heavy atom. The van der Waals surface area contributed by atoms with Crippen molar-refractivity contribution >= 4 is 29.3 Å². The quantitative estimate of drug-likeness (QED) is 0.499. The van der Waals surface area contributed by atoms with Gasteiger partial charge in [-0.3, -0.25) is 4.79 Å². The number of nitrogens with zero attached hydrogens (tertiary/aromatic N) is 4. The van der Waals surface area contributed by atoms with Crippen LogP contribution in [0.3, 0.4) is 0 Å². The van der Waals surface area contributed by atoms with Gasteiger partial charge in [-0.25, -0.2) is 9.07 Å². The van der Waals surface area contributed by atoms with Crippen LogP contribution in [0.15, 0.2) is 66.9 Å². The van der Waals surface area contributed by atoms with E-state index >= 15 is 0 Å². The van der Waals surface area contributed by atoms with E-state index in [2.05, 4.69) is 5.10 Å².